The number of carbonyl (C=O) groups is 4. The molecule has 4 saturated heterocycles. The summed E-state index contributed by atoms with van der Waals surface area (Å²) in [5.41, 5.74) is 5.07. The summed E-state index contributed by atoms with van der Waals surface area (Å²) >= 11 is 6.54. The van der Waals surface area contributed by atoms with Crippen LogP contribution >= 0.6 is 11.6 Å². The molecule has 3 N–H and O–H groups in total. The summed E-state index contributed by atoms with van der Waals surface area (Å²) in [7, 11) is -3.58. The second-order valence-electron chi connectivity index (χ2n) is 19.4. The smallest absolute Gasteiger partial charge is 0.262 e. The van der Waals surface area contributed by atoms with Crippen LogP contribution in [0.3, 0.4) is 0 Å². The van der Waals surface area contributed by atoms with E-state index in [1.165, 1.54) is 11.8 Å². The number of ether oxygens (including phenoxy) is 1. The van der Waals surface area contributed by atoms with Crippen molar-refractivity contribution >= 4 is 73.9 Å². The lowest BCUT2D eigenvalue weighted by atomic mass is 9.85. The van der Waals surface area contributed by atoms with Gasteiger partial charge in [-0.1, -0.05) is 23.7 Å². The average Bonchev–Trinajstić information content (AvgIpc) is 3.54. The van der Waals surface area contributed by atoms with E-state index < -0.39 is 38.9 Å². The van der Waals surface area contributed by atoms with Crippen molar-refractivity contribution in [3.05, 3.63) is 88.1 Å². The van der Waals surface area contributed by atoms with Crippen LogP contribution in [0.4, 0.5) is 28.8 Å². The first kappa shape index (κ1) is 47.4. The fourth-order valence-corrected chi connectivity index (χ4v) is 11.7. The van der Waals surface area contributed by atoms with E-state index >= 15 is 0 Å². The Hall–Kier alpha value is -5.62. The van der Waals surface area contributed by atoms with Crippen LogP contribution in [0.5, 0.6) is 5.75 Å². The van der Waals surface area contributed by atoms with Crippen LogP contribution in [-0.2, 0) is 19.4 Å². The fourth-order valence-electron chi connectivity index (χ4n) is 10.3. The number of hydrogen-bond donors (Lipinski definition) is 3. The first-order chi connectivity index (χ1) is 32.5. The van der Waals surface area contributed by atoms with Gasteiger partial charge in [-0.15, -0.1) is 0 Å². The monoisotopic (exact) mass is 965 g/mol. The Kier molecular flexibility index (Phi) is 13.5. The molecular weight excluding hydrogens is 906 g/mol. The van der Waals surface area contributed by atoms with Gasteiger partial charge < -0.3 is 20.3 Å². The van der Waals surface area contributed by atoms with Gasteiger partial charge in [0.2, 0.25) is 17.8 Å². The van der Waals surface area contributed by atoms with E-state index in [2.05, 4.69) is 59.7 Å². The molecule has 360 valence electrons. The van der Waals surface area contributed by atoms with Crippen LogP contribution in [0, 0.1) is 12.8 Å². The lowest BCUT2D eigenvalue weighted by Gasteiger charge is -2.49. The molecule has 18 heteroatoms. The third-order valence-corrected chi connectivity index (χ3v) is 16.6. The van der Waals surface area contributed by atoms with Crippen LogP contribution in [0.2, 0.25) is 5.02 Å². The maximum absolute atomic E-state index is 13.4. The summed E-state index contributed by atoms with van der Waals surface area (Å²) in [4.78, 5) is 68.6. The zero-order valence-electron chi connectivity index (χ0n) is 39.3. The third kappa shape index (κ3) is 9.67. The number of carbonyl (C=O) groups excluding carboxylic acids is 4. The predicted molar refractivity (Wildman–Crippen MR) is 261 cm³/mol. The van der Waals surface area contributed by atoms with Gasteiger partial charge in [0.1, 0.15) is 16.8 Å². The van der Waals surface area contributed by atoms with Gasteiger partial charge in [0.05, 0.1) is 44.9 Å². The Balaban J connectivity index is 0.762. The molecule has 4 aromatic rings. The van der Waals surface area contributed by atoms with Crippen molar-refractivity contribution in [2.75, 3.05) is 61.3 Å². The molecule has 9 rings (SSSR count). The minimum atomic E-state index is -3.58. The highest BCUT2D eigenvalue weighted by molar-refractivity contribution is 7.92. The Bertz CT molecular complexity index is 2730. The van der Waals surface area contributed by atoms with E-state index in [0.717, 1.165) is 93.3 Å². The molecule has 68 heavy (non-hydrogen) atoms. The summed E-state index contributed by atoms with van der Waals surface area (Å²) in [6.45, 7) is 16.5. The number of aryl methyl sites for hydroxylation is 1. The van der Waals surface area contributed by atoms with Crippen molar-refractivity contribution in [1.82, 2.24) is 30.0 Å². The number of amides is 4. The Morgan fingerprint density at radius 3 is 2.28 bits per heavy atom. The van der Waals surface area contributed by atoms with Gasteiger partial charge in [-0.25, -0.2) is 13.4 Å². The second kappa shape index (κ2) is 19.4. The van der Waals surface area contributed by atoms with Gasteiger partial charge in [0.15, 0.2) is 15.7 Å². The zero-order chi connectivity index (χ0) is 48.0. The number of fused-ring (bicyclic) bond motifs is 1. The van der Waals surface area contributed by atoms with Crippen molar-refractivity contribution in [1.29, 1.82) is 0 Å². The average molecular weight is 967 g/mol. The number of nitrogens with zero attached hydrogens (tertiary/aromatic N) is 6. The highest BCUT2D eigenvalue weighted by Gasteiger charge is 2.45. The first-order valence-electron chi connectivity index (χ1n) is 23.8. The number of anilines is 5. The number of rotatable bonds is 14. The van der Waals surface area contributed by atoms with Crippen LogP contribution in [0.1, 0.15) is 104 Å². The molecule has 1 atom stereocenters. The van der Waals surface area contributed by atoms with Crippen molar-refractivity contribution in [2.24, 2.45) is 5.92 Å². The molecule has 3 aromatic carbocycles. The minimum Gasteiger partial charge on any atom is -0.489 e. The minimum absolute atomic E-state index is 0.0730. The van der Waals surface area contributed by atoms with Crippen LogP contribution < -0.4 is 25.6 Å². The normalized spacial score (nSPS) is 20.3. The highest BCUT2D eigenvalue weighted by atomic mass is 35.5. The predicted octanol–water partition coefficient (Wildman–Crippen LogP) is 7.08. The number of sulfone groups is 1. The van der Waals surface area contributed by atoms with Crippen molar-refractivity contribution in [3.63, 3.8) is 0 Å². The van der Waals surface area contributed by atoms with Gasteiger partial charge in [0.25, 0.3) is 11.8 Å². The molecule has 0 saturated carbocycles. The molecule has 0 radical (unpaired) electrons. The fraction of sp³-hybridized carbons (Fsp3) is 0.480. The molecule has 1 unspecified atom stereocenters. The molecular formula is C50H60ClN9O7S. The molecule has 16 nitrogen and oxygen atoms in total. The van der Waals surface area contributed by atoms with E-state index in [-0.39, 0.29) is 46.5 Å². The topological polar surface area (TPSA) is 186 Å². The van der Waals surface area contributed by atoms with Crippen LogP contribution in [0.25, 0.3) is 0 Å². The number of imide groups is 2. The number of piperidine rings is 3. The molecule has 4 amide bonds. The number of nitrogens with one attached hydrogen (secondary N) is 3. The Morgan fingerprint density at radius 2 is 1.57 bits per heavy atom. The van der Waals surface area contributed by atoms with E-state index in [9.17, 15) is 27.6 Å². The molecule has 0 aliphatic carbocycles. The van der Waals surface area contributed by atoms with Crippen LogP contribution in [0.15, 0.2) is 65.7 Å². The molecule has 0 spiro atoms. The molecule has 1 aromatic heterocycles. The summed E-state index contributed by atoms with van der Waals surface area (Å²) < 4.78 is 32.6. The lowest BCUT2D eigenvalue weighted by Crippen LogP contribution is -2.61. The summed E-state index contributed by atoms with van der Waals surface area (Å²) in [6.07, 6.45) is 5.85. The number of aromatic nitrogens is 2. The van der Waals surface area contributed by atoms with E-state index in [1.807, 2.05) is 19.9 Å². The molecule has 5 aliphatic rings. The number of benzene rings is 3. The van der Waals surface area contributed by atoms with Crippen molar-refractivity contribution in [3.8, 4) is 5.75 Å². The lowest BCUT2D eigenvalue weighted by molar-refractivity contribution is -0.136. The van der Waals surface area contributed by atoms with Crippen LogP contribution in [-0.4, -0.2) is 126 Å². The zero-order valence-corrected chi connectivity index (χ0v) is 40.8. The number of halogens is 1. The summed E-state index contributed by atoms with van der Waals surface area (Å²) in [5.74, 6) is 0.301. The number of hydrogen-bond acceptors (Lipinski definition) is 14. The van der Waals surface area contributed by atoms with E-state index in [4.69, 9.17) is 16.3 Å². The summed E-state index contributed by atoms with van der Waals surface area (Å²) in [6, 6.07) is 16.0. The maximum atomic E-state index is 13.4. The van der Waals surface area contributed by atoms with E-state index in [0.29, 0.717) is 40.4 Å². The third-order valence-electron chi connectivity index (χ3n) is 14.1. The van der Waals surface area contributed by atoms with Gasteiger partial charge in [-0.05, 0) is 145 Å². The van der Waals surface area contributed by atoms with Crippen molar-refractivity contribution in [2.45, 2.75) is 107 Å². The summed E-state index contributed by atoms with van der Waals surface area (Å²) in [5, 5.41) is 8.38. The number of para-hydroxylation sites is 1. The molecule has 6 heterocycles. The van der Waals surface area contributed by atoms with Gasteiger partial charge >= 0.3 is 0 Å². The number of likely N-dealkylation sites (tertiary alicyclic amines) is 2. The molecule has 0 bridgehead atoms. The van der Waals surface area contributed by atoms with E-state index in [1.54, 1.807) is 50.2 Å². The quantitative estimate of drug-likeness (QED) is 0.109. The SMILES string of the molecule is Cc1cc(Nc2ncc(Cl)c(Nc3ccccc3S(=O)(=O)C(C)C)n2)c(OC(C)C)cc1C1CCN(C2CN(CC3CCN(c4ccc5c(c4)C(=O)N(C4CCC(=O)NC4=O)C5=O)CC3)C2)CC1. The van der Waals surface area contributed by atoms with Crippen molar-refractivity contribution < 1.29 is 32.3 Å². The van der Waals surface area contributed by atoms with Gasteiger partial charge in [0, 0.05) is 50.9 Å². The standard InChI is InChI=1S/C50H60ClN9O7S/c1-29(2)67-43-24-37(31(5)22-41(43)54-50-52-25-39(51)46(56-50)53-40-8-6-7-9-44(40)68(65,66)30(3)4)33-16-20-59(21-17-33)35-27-57(28-35)26-32-14-18-58(19-15-32)34-10-11-36-38(23-34)49(64)60(48(36)63)42-12-13-45(61)55-47(42)62/h6-11,22-25,29-30,32-33,35,42H,12-21,26-28H2,1-5H3,(H,55,61,62)(H2,52,53,54,56). The Labute approximate surface area is 403 Å². The maximum Gasteiger partial charge on any atom is 0.262 e. The Morgan fingerprint density at radius 1 is 0.853 bits per heavy atom. The highest BCUT2D eigenvalue weighted by Crippen LogP contribution is 2.40. The molecule has 4 fully saturated rings. The second-order valence-corrected chi connectivity index (χ2v) is 22.3. The molecule has 5 aliphatic heterocycles. The largest absolute Gasteiger partial charge is 0.489 e. The van der Waals surface area contributed by atoms with Gasteiger partial charge in [-0.2, -0.15) is 4.98 Å². The van der Waals surface area contributed by atoms with Gasteiger partial charge in [-0.3, -0.25) is 39.2 Å². The first-order valence-corrected chi connectivity index (χ1v) is 25.7.